The minimum atomic E-state index is 0.0821. The van der Waals surface area contributed by atoms with Gasteiger partial charge in [-0.3, -0.25) is 11.3 Å². The zero-order chi connectivity index (χ0) is 11.2. The molecule has 0 spiro atoms. The lowest BCUT2D eigenvalue weighted by Crippen LogP contribution is -2.49. The standard InChI is InChI=1S/C11H18N2O2S/c12-13-10(11-8-14-5-6-15-11)4-3-9-2-1-7-16-9/h1-2,7,10-11,13H,3-6,8,12H2. The smallest absolute Gasteiger partial charge is 0.0975 e. The summed E-state index contributed by atoms with van der Waals surface area (Å²) in [5.41, 5.74) is 2.83. The Balaban J connectivity index is 1.80. The van der Waals surface area contributed by atoms with Gasteiger partial charge in [0.05, 0.1) is 25.9 Å². The van der Waals surface area contributed by atoms with Crippen LogP contribution in [0.3, 0.4) is 0 Å². The Morgan fingerprint density at radius 3 is 3.12 bits per heavy atom. The fourth-order valence-corrected chi connectivity index (χ4v) is 2.59. The molecule has 1 aromatic rings. The van der Waals surface area contributed by atoms with Gasteiger partial charge >= 0.3 is 0 Å². The average molecular weight is 242 g/mol. The second kappa shape index (κ2) is 6.32. The normalized spacial score (nSPS) is 23.2. The summed E-state index contributed by atoms with van der Waals surface area (Å²) in [5, 5.41) is 2.10. The van der Waals surface area contributed by atoms with E-state index in [0.717, 1.165) is 12.8 Å². The first-order chi connectivity index (χ1) is 7.90. The van der Waals surface area contributed by atoms with Crippen LogP contribution in [0, 0.1) is 0 Å². The van der Waals surface area contributed by atoms with Crippen molar-refractivity contribution in [2.45, 2.75) is 25.0 Å². The van der Waals surface area contributed by atoms with Gasteiger partial charge in [-0.2, -0.15) is 0 Å². The minimum Gasteiger partial charge on any atom is -0.376 e. The predicted octanol–water partition coefficient (Wildman–Crippen LogP) is 0.928. The van der Waals surface area contributed by atoms with Crippen LogP contribution in [-0.2, 0) is 15.9 Å². The molecule has 0 bridgehead atoms. The maximum atomic E-state index is 5.64. The Hall–Kier alpha value is -0.460. The van der Waals surface area contributed by atoms with E-state index in [1.54, 1.807) is 11.3 Å². The second-order valence-electron chi connectivity index (χ2n) is 3.88. The number of rotatable bonds is 5. The summed E-state index contributed by atoms with van der Waals surface area (Å²) in [7, 11) is 0. The molecule has 2 unspecified atom stereocenters. The largest absolute Gasteiger partial charge is 0.376 e. The van der Waals surface area contributed by atoms with E-state index < -0.39 is 0 Å². The number of nitrogens with two attached hydrogens (primary N) is 1. The molecule has 0 radical (unpaired) electrons. The molecule has 16 heavy (non-hydrogen) atoms. The highest BCUT2D eigenvalue weighted by Gasteiger charge is 2.23. The van der Waals surface area contributed by atoms with E-state index in [1.165, 1.54) is 4.88 Å². The first-order valence-corrected chi connectivity index (χ1v) is 6.46. The summed E-state index contributed by atoms with van der Waals surface area (Å²) in [6.07, 6.45) is 2.09. The van der Waals surface area contributed by atoms with Gasteiger partial charge in [-0.1, -0.05) is 6.07 Å². The maximum Gasteiger partial charge on any atom is 0.0975 e. The lowest BCUT2D eigenvalue weighted by molar-refractivity contribution is -0.102. The van der Waals surface area contributed by atoms with Gasteiger partial charge in [0.2, 0.25) is 0 Å². The topological polar surface area (TPSA) is 56.5 Å². The maximum absolute atomic E-state index is 5.64. The van der Waals surface area contributed by atoms with Crippen LogP contribution < -0.4 is 11.3 Å². The SMILES string of the molecule is NNC(CCc1cccs1)C1COCCO1. The van der Waals surface area contributed by atoms with Crippen LogP contribution in [0.4, 0.5) is 0 Å². The van der Waals surface area contributed by atoms with Crippen LogP contribution in [-0.4, -0.2) is 32.0 Å². The molecule has 1 fully saturated rings. The molecule has 0 saturated carbocycles. The first kappa shape index (κ1) is 12.0. The van der Waals surface area contributed by atoms with Gasteiger partial charge in [0, 0.05) is 10.9 Å². The Kier molecular flexibility index (Phi) is 4.74. The Morgan fingerprint density at radius 1 is 1.56 bits per heavy atom. The molecular weight excluding hydrogens is 224 g/mol. The molecule has 2 rings (SSSR count). The fraction of sp³-hybridized carbons (Fsp3) is 0.636. The van der Waals surface area contributed by atoms with Crippen LogP contribution in [0.25, 0.3) is 0 Å². The highest BCUT2D eigenvalue weighted by Crippen LogP contribution is 2.15. The molecule has 5 heteroatoms. The molecular formula is C11H18N2O2S. The van der Waals surface area contributed by atoms with E-state index in [2.05, 4.69) is 22.9 Å². The van der Waals surface area contributed by atoms with Gasteiger partial charge in [0.15, 0.2) is 0 Å². The highest BCUT2D eigenvalue weighted by atomic mass is 32.1. The van der Waals surface area contributed by atoms with E-state index in [9.17, 15) is 0 Å². The molecule has 1 aliphatic heterocycles. The van der Waals surface area contributed by atoms with Crippen molar-refractivity contribution in [3.05, 3.63) is 22.4 Å². The van der Waals surface area contributed by atoms with Crippen LogP contribution >= 0.6 is 11.3 Å². The van der Waals surface area contributed by atoms with Gasteiger partial charge in [0.25, 0.3) is 0 Å². The number of thiophene rings is 1. The van der Waals surface area contributed by atoms with Crippen LogP contribution in [0.15, 0.2) is 17.5 Å². The third-order valence-electron chi connectivity index (χ3n) is 2.79. The van der Waals surface area contributed by atoms with Crippen LogP contribution in [0.5, 0.6) is 0 Å². The van der Waals surface area contributed by atoms with E-state index in [0.29, 0.717) is 19.8 Å². The molecule has 0 aliphatic carbocycles. The van der Waals surface area contributed by atoms with Gasteiger partial charge in [-0.05, 0) is 24.3 Å². The van der Waals surface area contributed by atoms with Crippen molar-refractivity contribution in [2.24, 2.45) is 5.84 Å². The summed E-state index contributed by atoms with van der Waals surface area (Å²) in [4.78, 5) is 1.39. The third kappa shape index (κ3) is 3.26. The van der Waals surface area contributed by atoms with Crippen LogP contribution in [0.2, 0.25) is 0 Å². The average Bonchev–Trinajstić information content (AvgIpc) is 2.84. The third-order valence-corrected chi connectivity index (χ3v) is 3.72. The van der Waals surface area contributed by atoms with E-state index >= 15 is 0 Å². The quantitative estimate of drug-likeness (QED) is 0.596. The summed E-state index contributed by atoms with van der Waals surface area (Å²) >= 11 is 1.78. The summed E-state index contributed by atoms with van der Waals surface area (Å²) < 4.78 is 11.0. The molecule has 1 aliphatic rings. The van der Waals surface area contributed by atoms with E-state index in [1.807, 2.05) is 0 Å². The molecule has 2 heterocycles. The molecule has 1 aromatic heterocycles. The number of ether oxygens (including phenoxy) is 2. The van der Waals surface area contributed by atoms with Gasteiger partial charge < -0.3 is 9.47 Å². The number of hydrogen-bond acceptors (Lipinski definition) is 5. The highest BCUT2D eigenvalue weighted by molar-refractivity contribution is 7.09. The van der Waals surface area contributed by atoms with Crippen molar-refractivity contribution in [1.29, 1.82) is 0 Å². The predicted molar refractivity (Wildman–Crippen MR) is 64.3 cm³/mol. The number of nitrogens with one attached hydrogen (secondary N) is 1. The molecule has 2 atom stereocenters. The molecule has 90 valence electrons. The number of hydrogen-bond donors (Lipinski definition) is 2. The molecule has 1 saturated heterocycles. The molecule has 3 N–H and O–H groups in total. The summed E-state index contributed by atoms with van der Waals surface area (Å²) in [6.45, 7) is 2.00. The zero-order valence-corrected chi connectivity index (χ0v) is 10.0. The van der Waals surface area contributed by atoms with Crippen molar-refractivity contribution in [1.82, 2.24) is 5.43 Å². The second-order valence-corrected chi connectivity index (χ2v) is 4.91. The molecule has 0 amide bonds. The summed E-state index contributed by atoms with van der Waals surface area (Å²) in [5.74, 6) is 5.56. The lowest BCUT2D eigenvalue weighted by atomic mass is 10.1. The van der Waals surface area contributed by atoms with Gasteiger partial charge in [0.1, 0.15) is 0 Å². The van der Waals surface area contributed by atoms with E-state index in [-0.39, 0.29) is 12.1 Å². The zero-order valence-electron chi connectivity index (χ0n) is 9.22. The van der Waals surface area contributed by atoms with Crippen molar-refractivity contribution >= 4 is 11.3 Å². The first-order valence-electron chi connectivity index (χ1n) is 5.58. The Bertz CT molecular complexity index is 286. The van der Waals surface area contributed by atoms with Gasteiger partial charge in [-0.15, -0.1) is 11.3 Å². The Morgan fingerprint density at radius 2 is 2.50 bits per heavy atom. The molecule has 4 nitrogen and oxygen atoms in total. The minimum absolute atomic E-state index is 0.0821. The van der Waals surface area contributed by atoms with Crippen molar-refractivity contribution in [3.8, 4) is 0 Å². The number of hydrazine groups is 1. The van der Waals surface area contributed by atoms with E-state index in [4.69, 9.17) is 15.3 Å². The lowest BCUT2D eigenvalue weighted by Gasteiger charge is -2.29. The van der Waals surface area contributed by atoms with Crippen molar-refractivity contribution in [3.63, 3.8) is 0 Å². The fourth-order valence-electron chi connectivity index (χ4n) is 1.87. The van der Waals surface area contributed by atoms with Crippen molar-refractivity contribution < 1.29 is 9.47 Å². The monoisotopic (exact) mass is 242 g/mol. The summed E-state index contributed by atoms with van der Waals surface area (Å²) in [6, 6.07) is 4.39. The van der Waals surface area contributed by atoms with Crippen LogP contribution in [0.1, 0.15) is 11.3 Å². The van der Waals surface area contributed by atoms with Crippen molar-refractivity contribution in [2.75, 3.05) is 19.8 Å². The van der Waals surface area contributed by atoms with Gasteiger partial charge in [-0.25, -0.2) is 0 Å². The molecule has 0 aromatic carbocycles. The Labute approximate surface area is 99.7 Å². The number of aryl methyl sites for hydroxylation is 1.